The average molecular weight is 293 g/mol. The van der Waals surface area contributed by atoms with Crippen molar-refractivity contribution in [3.05, 3.63) is 11.1 Å². The Morgan fingerprint density at radius 1 is 1.45 bits per heavy atom. The number of carbonyl (C=O) groups is 1. The molecule has 1 aromatic heterocycles. The van der Waals surface area contributed by atoms with E-state index in [2.05, 4.69) is 29.5 Å². The molecule has 0 saturated heterocycles. The van der Waals surface area contributed by atoms with Crippen LogP contribution in [0.4, 0.5) is 5.13 Å². The highest BCUT2D eigenvalue weighted by Crippen LogP contribution is 2.55. The fourth-order valence-corrected chi connectivity index (χ4v) is 4.33. The predicted molar refractivity (Wildman–Crippen MR) is 81.8 cm³/mol. The van der Waals surface area contributed by atoms with Gasteiger partial charge in [0.1, 0.15) is 0 Å². The molecule has 2 saturated carbocycles. The van der Waals surface area contributed by atoms with E-state index in [0.29, 0.717) is 11.8 Å². The third kappa shape index (κ3) is 2.74. The summed E-state index contributed by atoms with van der Waals surface area (Å²) in [6.45, 7) is 5.10. The summed E-state index contributed by atoms with van der Waals surface area (Å²) in [7, 11) is 0. The van der Waals surface area contributed by atoms with Crippen molar-refractivity contribution in [2.24, 2.45) is 17.8 Å². The Morgan fingerprint density at radius 3 is 2.80 bits per heavy atom. The van der Waals surface area contributed by atoms with Crippen LogP contribution in [0.1, 0.15) is 51.3 Å². The second-order valence-electron chi connectivity index (χ2n) is 5.98. The van der Waals surface area contributed by atoms with E-state index in [-0.39, 0.29) is 17.9 Å². The summed E-state index contributed by atoms with van der Waals surface area (Å²) in [5.74, 6) is 1.77. The summed E-state index contributed by atoms with van der Waals surface area (Å²) in [6, 6.07) is 0.241. The molecule has 20 heavy (non-hydrogen) atoms. The molecule has 2 aliphatic carbocycles. The monoisotopic (exact) mass is 293 g/mol. The van der Waals surface area contributed by atoms with Gasteiger partial charge in [0.2, 0.25) is 5.91 Å². The number of carbonyl (C=O) groups excluding carboxylic acids is 1. The van der Waals surface area contributed by atoms with Gasteiger partial charge in [0.25, 0.3) is 0 Å². The lowest BCUT2D eigenvalue weighted by molar-refractivity contribution is -0.117. The van der Waals surface area contributed by atoms with Crippen molar-refractivity contribution in [2.45, 2.75) is 45.6 Å². The highest BCUT2D eigenvalue weighted by Gasteiger charge is 2.54. The lowest BCUT2D eigenvalue weighted by Gasteiger charge is -2.08. The van der Waals surface area contributed by atoms with Crippen LogP contribution in [-0.2, 0) is 4.79 Å². The van der Waals surface area contributed by atoms with Gasteiger partial charge < -0.3 is 10.6 Å². The van der Waals surface area contributed by atoms with Crippen LogP contribution >= 0.6 is 11.3 Å². The van der Waals surface area contributed by atoms with Crippen molar-refractivity contribution < 1.29 is 4.79 Å². The quantitative estimate of drug-likeness (QED) is 0.876. The Bertz CT molecular complexity index is 475. The Morgan fingerprint density at radius 2 is 2.15 bits per heavy atom. The van der Waals surface area contributed by atoms with Gasteiger partial charge in [0.05, 0.1) is 5.69 Å². The number of fused-ring (bicyclic) bond motifs is 1. The lowest BCUT2D eigenvalue weighted by atomic mass is 10.0. The second kappa shape index (κ2) is 5.82. The van der Waals surface area contributed by atoms with Crippen molar-refractivity contribution >= 4 is 22.4 Å². The molecule has 3 unspecified atom stereocenters. The van der Waals surface area contributed by atoms with Crippen molar-refractivity contribution in [1.82, 2.24) is 10.3 Å². The van der Waals surface area contributed by atoms with Crippen molar-refractivity contribution in [1.29, 1.82) is 0 Å². The molecule has 110 valence electrons. The van der Waals surface area contributed by atoms with Crippen LogP contribution in [0.5, 0.6) is 0 Å². The maximum atomic E-state index is 12.3. The normalized spacial score (nSPS) is 29.6. The molecule has 2 fully saturated rings. The number of thiazole rings is 1. The molecule has 0 aliphatic heterocycles. The van der Waals surface area contributed by atoms with Gasteiger partial charge in [-0.25, -0.2) is 4.98 Å². The van der Waals surface area contributed by atoms with Crippen LogP contribution in [-0.4, -0.2) is 17.4 Å². The molecular weight excluding hydrogens is 270 g/mol. The molecule has 0 radical (unpaired) electrons. The molecule has 1 heterocycles. The number of amides is 1. The second-order valence-corrected chi connectivity index (χ2v) is 6.84. The van der Waals surface area contributed by atoms with E-state index in [0.717, 1.165) is 17.4 Å². The minimum absolute atomic E-state index is 0.193. The smallest absolute Gasteiger partial charge is 0.229 e. The number of anilines is 1. The maximum Gasteiger partial charge on any atom is 0.229 e. The van der Waals surface area contributed by atoms with Crippen LogP contribution in [0.15, 0.2) is 5.38 Å². The molecular formula is C15H23N3OS. The van der Waals surface area contributed by atoms with E-state index in [1.54, 1.807) is 0 Å². The lowest BCUT2D eigenvalue weighted by Crippen LogP contribution is -2.18. The standard InChI is InChI=1S/C15H23N3OS/c1-3-16-9(2)12-8-20-15(17-12)18-14(19)13-10-6-4-5-7-11(10)13/h8-11,13,16H,3-7H2,1-2H3,(H,17,18,19). The van der Waals surface area contributed by atoms with Gasteiger partial charge in [0, 0.05) is 17.3 Å². The first kappa shape index (κ1) is 14.0. The summed E-state index contributed by atoms with van der Waals surface area (Å²) >= 11 is 1.53. The average Bonchev–Trinajstić information content (AvgIpc) is 3.00. The summed E-state index contributed by atoms with van der Waals surface area (Å²) in [5, 5.41) is 9.13. The van der Waals surface area contributed by atoms with Gasteiger partial charge >= 0.3 is 0 Å². The van der Waals surface area contributed by atoms with E-state index in [1.165, 1.54) is 37.0 Å². The first-order valence-electron chi connectivity index (χ1n) is 7.70. The molecule has 0 bridgehead atoms. The predicted octanol–water partition coefficient (Wildman–Crippen LogP) is 3.19. The van der Waals surface area contributed by atoms with E-state index >= 15 is 0 Å². The third-order valence-electron chi connectivity index (χ3n) is 4.67. The third-order valence-corrected chi connectivity index (χ3v) is 5.44. The number of aromatic nitrogens is 1. The minimum atomic E-state index is 0.193. The summed E-state index contributed by atoms with van der Waals surface area (Å²) < 4.78 is 0. The van der Waals surface area contributed by atoms with Crippen LogP contribution in [0, 0.1) is 17.8 Å². The highest BCUT2D eigenvalue weighted by atomic mass is 32.1. The summed E-state index contributed by atoms with van der Waals surface area (Å²) in [4.78, 5) is 16.8. The number of nitrogens with zero attached hydrogens (tertiary/aromatic N) is 1. The van der Waals surface area contributed by atoms with E-state index in [1.807, 2.05) is 5.38 Å². The van der Waals surface area contributed by atoms with Crippen LogP contribution in [0.3, 0.4) is 0 Å². The summed E-state index contributed by atoms with van der Waals surface area (Å²) in [5.41, 5.74) is 1.01. The molecule has 3 atom stereocenters. The van der Waals surface area contributed by atoms with E-state index in [9.17, 15) is 4.79 Å². The fourth-order valence-electron chi connectivity index (χ4n) is 3.52. The number of hydrogen-bond donors (Lipinski definition) is 2. The van der Waals surface area contributed by atoms with Gasteiger partial charge in [-0.2, -0.15) is 0 Å². The zero-order chi connectivity index (χ0) is 14.1. The minimum Gasteiger partial charge on any atom is -0.309 e. The van der Waals surface area contributed by atoms with Gasteiger partial charge in [-0.05, 0) is 38.1 Å². The Labute approximate surface area is 124 Å². The molecule has 3 rings (SSSR count). The van der Waals surface area contributed by atoms with Crippen LogP contribution < -0.4 is 10.6 Å². The van der Waals surface area contributed by atoms with Crippen LogP contribution in [0.2, 0.25) is 0 Å². The van der Waals surface area contributed by atoms with Gasteiger partial charge in [-0.15, -0.1) is 11.3 Å². The zero-order valence-corrected chi connectivity index (χ0v) is 13.0. The molecule has 0 spiro atoms. The van der Waals surface area contributed by atoms with Crippen molar-refractivity contribution in [2.75, 3.05) is 11.9 Å². The molecule has 2 N–H and O–H groups in total. The van der Waals surface area contributed by atoms with Crippen LogP contribution in [0.25, 0.3) is 0 Å². The van der Waals surface area contributed by atoms with Gasteiger partial charge in [-0.1, -0.05) is 19.8 Å². The highest BCUT2D eigenvalue weighted by molar-refractivity contribution is 7.13. The molecule has 1 aromatic rings. The molecule has 2 aliphatic rings. The van der Waals surface area contributed by atoms with Gasteiger partial charge in [-0.3, -0.25) is 4.79 Å². The first-order chi connectivity index (χ1) is 9.70. The first-order valence-corrected chi connectivity index (χ1v) is 8.58. The molecule has 0 aromatic carbocycles. The van der Waals surface area contributed by atoms with E-state index < -0.39 is 0 Å². The molecule has 1 amide bonds. The largest absolute Gasteiger partial charge is 0.309 e. The Hall–Kier alpha value is -0.940. The summed E-state index contributed by atoms with van der Waals surface area (Å²) in [6.07, 6.45) is 5.08. The molecule has 5 heteroatoms. The fraction of sp³-hybridized carbons (Fsp3) is 0.733. The Kier molecular flexibility index (Phi) is 4.08. The number of hydrogen-bond acceptors (Lipinski definition) is 4. The van der Waals surface area contributed by atoms with E-state index in [4.69, 9.17) is 0 Å². The number of rotatable bonds is 5. The van der Waals surface area contributed by atoms with Crippen molar-refractivity contribution in [3.8, 4) is 0 Å². The topological polar surface area (TPSA) is 54.0 Å². The number of nitrogens with one attached hydrogen (secondary N) is 2. The van der Waals surface area contributed by atoms with Gasteiger partial charge in [0.15, 0.2) is 5.13 Å². The van der Waals surface area contributed by atoms with Crippen molar-refractivity contribution in [3.63, 3.8) is 0 Å². The zero-order valence-electron chi connectivity index (χ0n) is 12.2. The Balaban J connectivity index is 1.57. The maximum absolute atomic E-state index is 12.3. The SMILES string of the molecule is CCNC(C)c1csc(NC(=O)C2C3CCCCC32)n1. The molecule has 4 nitrogen and oxygen atoms in total.